The van der Waals surface area contributed by atoms with Crippen molar-refractivity contribution in [2.45, 2.75) is 84.0 Å². The van der Waals surface area contributed by atoms with E-state index in [0.717, 1.165) is 12.8 Å². The molecule has 0 aliphatic heterocycles. The molecule has 0 aromatic rings. The fourth-order valence-electron chi connectivity index (χ4n) is 2.44. The maximum absolute atomic E-state index is 11.5. The SMILES string of the molecule is CCCCCCCCCCCCCC(=O)NCC(=O)NCC=O. The van der Waals surface area contributed by atoms with Crippen LogP contribution in [0.2, 0.25) is 0 Å². The van der Waals surface area contributed by atoms with Gasteiger partial charge in [0, 0.05) is 6.42 Å². The van der Waals surface area contributed by atoms with Crippen LogP contribution in [0.25, 0.3) is 0 Å². The minimum absolute atomic E-state index is 0.00664. The molecule has 2 N–H and O–H groups in total. The fraction of sp³-hybridized carbons (Fsp3) is 0.833. The molecule has 0 unspecified atom stereocenters. The number of aldehydes is 1. The van der Waals surface area contributed by atoms with Crippen molar-refractivity contribution < 1.29 is 14.4 Å². The normalized spacial score (nSPS) is 10.3. The molecule has 0 aromatic heterocycles. The van der Waals surface area contributed by atoms with Crippen LogP contribution in [-0.4, -0.2) is 31.2 Å². The van der Waals surface area contributed by atoms with Gasteiger partial charge in [0.25, 0.3) is 0 Å². The molecule has 0 spiro atoms. The molecule has 0 atom stereocenters. The lowest BCUT2D eigenvalue weighted by atomic mass is 10.1. The summed E-state index contributed by atoms with van der Waals surface area (Å²) in [7, 11) is 0. The van der Waals surface area contributed by atoms with Crippen molar-refractivity contribution in [2.75, 3.05) is 13.1 Å². The second-order valence-corrected chi connectivity index (χ2v) is 6.03. The van der Waals surface area contributed by atoms with Gasteiger partial charge in [0.1, 0.15) is 6.29 Å². The second kappa shape index (κ2) is 17.0. The molecule has 0 aliphatic carbocycles. The molecule has 0 bridgehead atoms. The summed E-state index contributed by atoms with van der Waals surface area (Å²) in [6, 6.07) is 0. The summed E-state index contributed by atoms with van der Waals surface area (Å²) in [4.78, 5) is 32.8. The Labute approximate surface area is 141 Å². The molecule has 134 valence electrons. The molecular formula is C18H34N2O3. The molecule has 0 aliphatic rings. The summed E-state index contributed by atoms with van der Waals surface area (Å²) < 4.78 is 0. The van der Waals surface area contributed by atoms with Gasteiger partial charge in [0.05, 0.1) is 13.1 Å². The van der Waals surface area contributed by atoms with Gasteiger partial charge in [-0.05, 0) is 6.42 Å². The van der Waals surface area contributed by atoms with E-state index in [1.807, 2.05) is 0 Å². The van der Waals surface area contributed by atoms with Gasteiger partial charge in [-0.2, -0.15) is 0 Å². The van der Waals surface area contributed by atoms with E-state index in [-0.39, 0.29) is 24.9 Å². The molecule has 5 nitrogen and oxygen atoms in total. The summed E-state index contributed by atoms with van der Waals surface area (Å²) in [5.41, 5.74) is 0. The average Bonchev–Trinajstić information content (AvgIpc) is 2.56. The highest BCUT2D eigenvalue weighted by Crippen LogP contribution is 2.11. The smallest absolute Gasteiger partial charge is 0.239 e. The highest BCUT2D eigenvalue weighted by atomic mass is 16.2. The zero-order valence-corrected chi connectivity index (χ0v) is 14.7. The second-order valence-electron chi connectivity index (χ2n) is 6.03. The van der Waals surface area contributed by atoms with Gasteiger partial charge in [0.2, 0.25) is 11.8 Å². The Morgan fingerprint density at radius 3 is 1.78 bits per heavy atom. The van der Waals surface area contributed by atoms with Crippen LogP contribution in [-0.2, 0) is 14.4 Å². The topological polar surface area (TPSA) is 75.3 Å². The molecule has 0 saturated carbocycles. The Kier molecular flexibility index (Phi) is 15.9. The first kappa shape index (κ1) is 21.6. The van der Waals surface area contributed by atoms with Gasteiger partial charge in [-0.25, -0.2) is 0 Å². The molecule has 0 heterocycles. The number of carbonyl (C=O) groups excluding carboxylic acids is 3. The number of unbranched alkanes of at least 4 members (excludes halogenated alkanes) is 10. The van der Waals surface area contributed by atoms with E-state index in [9.17, 15) is 14.4 Å². The van der Waals surface area contributed by atoms with Gasteiger partial charge in [-0.1, -0.05) is 71.1 Å². The number of nitrogens with one attached hydrogen (secondary N) is 2. The predicted molar refractivity (Wildman–Crippen MR) is 93.2 cm³/mol. The van der Waals surface area contributed by atoms with Crippen LogP contribution in [0.4, 0.5) is 0 Å². The van der Waals surface area contributed by atoms with Crippen molar-refractivity contribution in [3.05, 3.63) is 0 Å². The van der Waals surface area contributed by atoms with Crippen molar-refractivity contribution in [3.63, 3.8) is 0 Å². The van der Waals surface area contributed by atoms with Crippen molar-refractivity contribution in [1.29, 1.82) is 0 Å². The van der Waals surface area contributed by atoms with Crippen LogP contribution in [0.15, 0.2) is 0 Å². The highest BCUT2D eigenvalue weighted by Gasteiger charge is 2.04. The van der Waals surface area contributed by atoms with Gasteiger partial charge >= 0.3 is 0 Å². The van der Waals surface area contributed by atoms with Gasteiger partial charge in [0.15, 0.2) is 0 Å². The molecule has 0 rings (SSSR count). The molecule has 0 saturated heterocycles. The number of hydrogen-bond acceptors (Lipinski definition) is 3. The van der Waals surface area contributed by atoms with Crippen LogP contribution in [0.5, 0.6) is 0 Å². The number of rotatable bonds is 16. The van der Waals surface area contributed by atoms with E-state index < -0.39 is 0 Å². The molecular weight excluding hydrogens is 292 g/mol. The monoisotopic (exact) mass is 326 g/mol. The van der Waals surface area contributed by atoms with Crippen molar-refractivity contribution in [1.82, 2.24) is 10.6 Å². The number of amides is 2. The van der Waals surface area contributed by atoms with E-state index in [1.54, 1.807) is 0 Å². The van der Waals surface area contributed by atoms with E-state index in [4.69, 9.17) is 0 Å². The summed E-state index contributed by atoms with van der Waals surface area (Å²) >= 11 is 0. The van der Waals surface area contributed by atoms with Crippen molar-refractivity contribution in [2.24, 2.45) is 0 Å². The van der Waals surface area contributed by atoms with Crippen LogP contribution in [0.1, 0.15) is 84.0 Å². The molecule has 5 heteroatoms. The largest absolute Gasteiger partial charge is 0.348 e. The fourth-order valence-corrected chi connectivity index (χ4v) is 2.44. The lowest BCUT2D eigenvalue weighted by Crippen LogP contribution is -2.37. The Morgan fingerprint density at radius 2 is 1.26 bits per heavy atom. The summed E-state index contributed by atoms with van der Waals surface area (Å²) in [5.74, 6) is -0.424. The van der Waals surface area contributed by atoms with Crippen molar-refractivity contribution >= 4 is 18.1 Å². The highest BCUT2D eigenvalue weighted by molar-refractivity contribution is 5.85. The zero-order valence-electron chi connectivity index (χ0n) is 14.7. The minimum Gasteiger partial charge on any atom is -0.348 e. The third kappa shape index (κ3) is 16.8. The van der Waals surface area contributed by atoms with Crippen LogP contribution >= 0.6 is 0 Å². The van der Waals surface area contributed by atoms with Gasteiger partial charge in [-0.15, -0.1) is 0 Å². The molecule has 2 amide bonds. The molecule has 0 aromatic carbocycles. The van der Waals surface area contributed by atoms with E-state index in [1.165, 1.54) is 57.8 Å². The van der Waals surface area contributed by atoms with Gasteiger partial charge < -0.3 is 15.4 Å². The van der Waals surface area contributed by atoms with Crippen LogP contribution in [0.3, 0.4) is 0 Å². The number of hydrogen-bond donors (Lipinski definition) is 2. The van der Waals surface area contributed by atoms with Crippen molar-refractivity contribution in [3.8, 4) is 0 Å². The summed E-state index contributed by atoms with van der Waals surface area (Å²) in [5, 5.41) is 4.94. The maximum atomic E-state index is 11.5. The first-order valence-electron chi connectivity index (χ1n) is 9.17. The zero-order chi connectivity index (χ0) is 17.2. The Morgan fingerprint density at radius 1 is 0.739 bits per heavy atom. The van der Waals surface area contributed by atoms with E-state index in [0.29, 0.717) is 12.7 Å². The summed E-state index contributed by atoms with van der Waals surface area (Å²) in [6.45, 7) is 2.18. The quantitative estimate of drug-likeness (QED) is 0.338. The Hall–Kier alpha value is -1.39. The molecule has 0 fully saturated rings. The number of carbonyl (C=O) groups is 3. The Bertz CT molecular complexity index is 319. The van der Waals surface area contributed by atoms with Gasteiger partial charge in [-0.3, -0.25) is 9.59 Å². The predicted octanol–water partition coefficient (Wildman–Crippen LogP) is 3.12. The third-order valence-electron chi connectivity index (χ3n) is 3.84. The Balaban J connectivity index is 3.26. The lowest BCUT2D eigenvalue weighted by molar-refractivity contribution is -0.126. The first-order chi connectivity index (χ1) is 11.2. The first-order valence-corrected chi connectivity index (χ1v) is 9.17. The maximum Gasteiger partial charge on any atom is 0.239 e. The van der Waals surface area contributed by atoms with Crippen LogP contribution in [0, 0.1) is 0 Å². The minimum atomic E-state index is -0.329. The molecule has 0 radical (unpaired) electrons. The van der Waals surface area contributed by atoms with E-state index >= 15 is 0 Å². The van der Waals surface area contributed by atoms with E-state index in [2.05, 4.69) is 17.6 Å². The van der Waals surface area contributed by atoms with Crippen LogP contribution < -0.4 is 10.6 Å². The lowest BCUT2D eigenvalue weighted by Gasteiger charge is -2.05. The standard InChI is InChI=1S/C18H34N2O3/c1-2-3-4-5-6-7-8-9-10-11-12-13-17(22)20-16-18(23)19-14-15-21/h15H,2-14,16H2,1H3,(H,19,23)(H,20,22). The third-order valence-corrected chi connectivity index (χ3v) is 3.84. The summed E-state index contributed by atoms with van der Waals surface area (Å²) in [6.07, 6.45) is 14.9. The average molecular weight is 326 g/mol. The molecule has 23 heavy (non-hydrogen) atoms.